The zero-order valence-corrected chi connectivity index (χ0v) is 6.24. The third-order valence-electron chi connectivity index (χ3n) is 2.33. The molecule has 0 spiro atoms. The molecule has 1 saturated carbocycles. The lowest BCUT2D eigenvalue weighted by Crippen LogP contribution is -2.23. The van der Waals surface area contributed by atoms with Gasteiger partial charge in [0, 0.05) is 7.11 Å². The van der Waals surface area contributed by atoms with Gasteiger partial charge in [0.15, 0.2) is 0 Å². The Morgan fingerprint density at radius 2 is 2.33 bits per heavy atom. The quantitative estimate of drug-likeness (QED) is 0.489. The summed E-state index contributed by atoms with van der Waals surface area (Å²) < 4.78 is 5.31. The van der Waals surface area contributed by atoms with Crippen LogP contribution in [0.15, 0.2) is 12.2 Å². The van der Waals surface area contributed by atoms with Gasteiger partial charge in [0.1, 0.15) is 0 Å². The van der Waals surface area contributed by atoms with Crippen LogP contribution in [0.2, 0.25) is 0 Å². The van der Waals surface area contributed by atoms with Crippen LogP contribution in [0.4, 0.5) is 0 Å². The molecule has 52 valence electrons. The van der Waals surface area contributed by atoms with Crippen molar-refractivity contribution in [1.82, 2.24) is 0 Å². The van der Waals surface area contributed by atoms with Gasteiger partial charge in [0.2, 0.25) is 0 Å². The van der Waals surface area contributed by atoms with Gasteiger partial charge in [-0.3, -0.25) is 0 Å². The van der Waals surface area contributed by atoms with Crippen LogP contribution in [0.3, 0.4) is 0 Å². The maximum absolute atomic E-state index is 5.31. The average molecular weight is 126 g/mol. The molecule has 1 aliphatic rings. The molecule has 0 aromatic carbocycles. The van der Waals surface area contributed by atoms with E-state index in [4.69, 9.17) is 4.74 Å². The lowest BCUT2D eigenvalue weighted by atomic mass is 10.0. The highest BCUT2D eigenvalue weighted by atomic mass is 16.5. The highest BCUT2D eigenvalue weighted by molar-refractivity contribution is 5.15. The molecule has 0 bridgehead atoms. The second-order valence-electron chi connectivity index (χ2n) is 2.89. The van der Waals surface area contributed by atoms with Gasteiger partial charge in [0.25, 0.3) is 0 Å². The van der Waals surface area contributed by atoms with Gasteiger partial charge in [0.05, 0.1) is 5.60 Å². The van der Waals surface area contributed by atoms with Crippen LogP contribution < -0.4 is 0 Å². The normalized spacial score (nSPS) is 35.6. The highest BCUT2D eigenvalue weighted by Crippen LogP contribution is 2.35. The molecule has 0 radical (unpaired) electrons. The largest absolute Gasteiger partial charge is 0.374 e. The summed E-state index contributed by atoms with van der Waals surface area (Å²) in [5.41, 5.74) is 1.25. The first-order chi connectivity index (χ1) is 4.19. The summed E-state index contributed by atoms with van der Waals surface area (Å²) in [5.74, 6) is 0. The summed E-state index contributed by atoms with van der Waals surface area (Å²) >= 11 is 0. The SMILES string of the molecule is C=C1CCC[C@]1(C)OC. The van der Waals surface area contributed by atoms with Crippen molar-refractivity contribution in [2.24, 2.45) is 0 Å². The van der Waals surface area contributed by atoms with Gasteiger partial charge in [-0.25, -0.2) is 0 Å². The molecule has 0 heterocycles. The van der Waals surface area contributed by atoms with E-state index in [2.05, 4.69) is 13.5 Å². The standard InChI is InChI=1S/C8H14O/c1-7-5-4-6-8(7,2)9-3/h1,4-6H2,2-3H3/t8-/m0/s1. The molecule has 0 N–H and O–H groups in total. The lowest BCUT2D eigenvalue weighted by molar-refractivity contribution is 0.0444. The van der Waals surface area contributed by atoms with Crippen molar-refractivity contribution in [3.63, 3.8) is 0 Å². The number of ether oxygens (including phenoxy) is 1. The van der Waals surface area contributed by atoms with Gasteiger partial charge in [-0.15, -0.1) is 0 Å². The van der Waals surface area contributed by atoms with E-state index in [1.165, 1.54) is 12.0 Å². The minimum Gasteiger partial charge on any atom is -0.374 e. The van der Waals surface area contributed by atoms with E-state index in [-0.39, 0.29) is 5.60 Å². The van der Waals surface area contributed by atoms with Crippen LogP contribution in [0.1, 0.15) is 26.2 Å². The molecular formula is C8H14O. The minimum atomic E-state index is 0. The zero-order valence-electron chi connectivity index (χ0n) is 6.24. The van der Waals surface area contributed by atoms with E-state index in [1.54, 1.807) is 7.11 Å². The van der Waals surface area contributed by atoms with Crippen LogP contribution in [0.25, 0.3) is 0 Å². The Hall–Kier alpha value is -0.300. The molecule has 0 saturated heterocycles. The summed E-state index contributed by atoms with van der Waals surface area (Å²) in [6.45, 7) is 6.07. The van der Waals surface area contributed by atoms with Crippen molar-refractivity contribution < 1.29 is 4.74 Å². The molecule has 1 rings (SSSR count). The first-order valence-electron chi connectivity index (χ1n) is 3.42. The first kappa shape index (κ1) is 6.81. The van der Waals surface area contributed by atoms with Crippen LogP contribution in [0.5, 0.6) is 0 Å². The first-order valence-corrected chi connectivity index (χ1v) is 3.42. The second kappa shape index (κ2) is 2.14. The van der Waals surface area contributed by atoms with E-state index < -0.39 is 0 Å². The number of rotatable bonds is 1. The van der Waals surface area contributed by atoms with Crippen molar-refractivity contribution >= 4 is 0 Å². The molecule has 1 heteroatoms. The predicted octanol–water partition coefficient (Wildman–Crippen LogP) is 2.13. The minimum absolute atomic E-state index is 0. The highest BCUT2D eigenvalue weighted by Gasteiger charge is 2.31. The third kappa shape index (κ3) is 1.01. The summed E-state index contributed by atoms with van der Waals surface area (Å²) in [7, 11) is 1.76. The predicted molar refractivity (Wildman–Crippen MR) is 38.4 cm³/mol. The van der Waals surface area contributed by atoms with Crippen molar-refractivity contribution in [2.75, 3.05) is 7.11 Å². The summed E-state index contributed by atoms with van der Waals surface area (Å²) in [5, 5.41) is 0. The Kier molecular flexibility index (Phi) is 1.62. The molecule has 1 fully saturated rings. The lowest BCUT2D eigenvalue weighted by Gasteiger charge is -2.22. The smallest absolute Gasteiger partial charge is 0.0857 e. The van der Waals surface area contributed by atoms with E-state index in [9.17, 15) is 0 Å². The molecule has 1 aliphatic carbocycles. The van der Waals surface area contributed by atoms with Crippen molar-refractivity contribution in [2.45, 2.75) is 31.8 Å². The number of hydrogen-bond donors (Lipinski definition) is 0. The Labute approximate surface area is 56.7 Å². The van der Waals surface area contributed by atoms with E-state index >= 15 is 0 Å². The number of hydrogen-bond acceptors (Lipinski definition) is 1. The summed E-state index contributed by atoms with van der Waals surface area (Å²) in [6.07, 6.45) is 3.52. The van der Waals surface area contributed by atoms with Gasteiger partial charge in [-0.2, -0.15) is 0 Å². The molecule has 0 amide bonds. The molecular weight excluding hydrogens is 112 g/mol. The second-order valence-corrected chi connectivity index (χ2v) is 2.89. The summed E-state index contributed by atoms with van der Waals surface area (Å²) in [6, 6.07) is 0. The Morgan fingerprint density at radius 1 is 1.67 bits per heavy atom. The molecule has 0 aromatic heterocycles. The van der Waals surface area contributed by atoms with Gasteiger partial charge >= 0.3 is 0 Å². The Balaban J connectivity index is 2.67. The molecule has 1 atom stereocenters. The Morgan fingerprint density at radius 3 is 2.56 bits per heavy atom. The molecule has 0 aliphatic heterocycles. The van der Waals surface area contributed by atoms with E-state index in [0.717, 1.165) is 12.8 Å². The van der Waals surface area contributed by atoms with Crippen molar-refractivity contribution in [3.05, 3.63) is 12.2 Å². The fraction of sp³-hybridized carbons (Fsp3) is 0.750. The third-order valence-corrected chi connectivity index (χ3v) is 2.33. The molecule has 1 nitrogen and oxygen atoms in total. The van der Waals surface area contributed by atoms with E-state index in [1.807, 2.05) is 0 Å². The topological polar surface area (TPSA) is 9.23 Å². The van der Waals surface area contributed by atoms with Crippen LogP contribution in [0, 0.1) is 0 Å². The molecule has 0 unspecified atom stereocenters. The summed E-state index contributed by atoms with van der Waals surface area (Å²) in [4.78, 5) is 0. The molecule has 9 heavy (non-hydrogen) atoms. The average Bonchev–Trinajstić information content (AvgIpc) is 2.15. The van der Waals surface area contributed by atoms with Crippen molar-refractivity contribution in [1.29, 1.82) is 0 Å². The van der Waals surface area contributed by atoms with Crippen LogP contribution in [-0.4, -0.2) is 12.7 Å². The fourth-order valence-electron chi connectivity index (χ4n) is 1.33. The Bertz CT molecular complexity index is 129. The maximum atomic E-state index is 5.31. The number of methoxy groups -OCH3 is 1. The fourth-order valence-corrected chi connectivity index (χ4v) is 1.33. The van der Waals surface area contributed by atoms with E-state index in [0.29, 0.717) is 0 Å². The van der Waals surface area contributed by atoms with Crippen LogP contribution in [-0.2, 0) is 4.74 Å². The molecule has 0 aromatic rings. The van der Waals surface area contributed by atoms with Gasteiger partial charge in [-0.05, 0) is 31.8 Å². The zero-order chi connectivity index (χ0) is 6.91. The van der Waals surface area contributed by atoms with Crippen LogP contribution >= 0.6 is 0 Å². The van der Waals surface area contributed by atoms with Gasteiger partial charge in [-0.1, -0.05) is 6.58 Å². The van der Waals surface area contributed by atoms with Gasteiger partial charge < -0.3 is 4.74 Å². The van der Waals surface area contributed by atoms with Crippen molar-refractivity contribution in [3.8, 4) is 0 Å². The maximum Gasteiger partial charge on any atom is 0.0857 e. The monoisotopic (exact) mass is 126 g/mol.